The highest BCUT2D eigenvalue weighted by Gasteiger charge is 2.06. The number of nitrogens with zero attached hydrogens (tertiary/aromatic N) is 2. The van der Waals surface area contributed by atoms with Crippen LogP contribution < -0.4 is 4.90 Å². The zero-order valence-electron chi connectivity index (χ0n) is 12.1. The second kappa shape index (κ2) is 7.92. The number of aliphatic carboxylic acids is 1. The van der Waals surface area contributed by atoms with Gasteiger partial charge in [-0.3, -0.25) is 0 Å². The van der Waals surface area contributed by atoms with Gasteiger partial charge in [0.1, 0.15) is 0 Å². The minimum Gasteiger partial charge on any atom is -0.478 e. The van der Waals surface area contributed by atoms with Crippen molar-refractivity contribution in [3.8, 4) is 0 Å². The van der Waals surface area contributed by atoms with Crippen LogP contribution in [0.4, 0.5) is 5.69 Å². The Hall–Kier alpha value is -1.52. The Balaban J connectivity index is 2.69. The van der Waals surface area contributed by atoms with Gasteiger partial charge >= 0.3 is 5.97 Å². The lowest BCUT2D eigenvalue weighted by molar-refractivity contribution is -0.131. The fourth-order valence-electron chi connectivity index (χ4n) is 1.85. The highest BCUT2D eigenvalue weighted by atomic mass is 35.5. The van der Waals surface area contributed by atoms with Crippen molar-refractivity contribution in [2.75, 3.05) is 39.1 Å². The number of hydrogen-bond acceptors (Lipinski definition) is 3. The van der Waals surface area contributed by atoms with E-state index < -0.39 is 5.97 Å². The van der Waals surface area contributed by atoms with E-state index in [4.69, 9.17) is 16.7 Å². The van der Waals surface area contributed by atoms with Gasteiger partial charge in [-0.05, 0) is 50.8 Å². The fraction of sp³-hybridized carbons (Fsp3) is 0.400. The first-order valence-electron chi connectivity index (χ1n) is 6.46. The van der Waals surface area contributed by atoms with Crippen LogP contribution in [0.1, 0.15) is 12.0 Å². The van der Waals surface area contributed by atoms with E-state index in [1.165, 1.54) is 6.08 Å². The molecule has 0 aromatic heterocycles. The average molecular weight is 297 g/mol. The van der Waals surface area contributed by atoms with E-state index in [-0.39, 0.29) is 0 Å². The van der Waals surface area contributed by atoms with Crippen LogP contribution in [0.2, 0.25) is 5.02 Å². The summed E-state index contributed by atoms with van der Waals surface area (Å²) in [6.07, 6.45) is 3.69. The average Bonchev–Trinajstić information content (AvgIpc) is 2.35. The number of carboxylic acid groups (broad SMARTS) is 1. The normalized spacial score (nSPS) is 11.2. The third-order valence-electron chi connectivity index (χ3n) is 2.90. The number of halogens is 1. The van der Waals surface area contributed by atoms with Crippen LogP contribution in [0, 0.1) is 0 Å². The molecule has 1 rings (SSSR count). The van der Waals surface area contributed by atoms with E-state index in [2.05, 4.69) is 23.9 Å². The maximum Gasteiger partial charge on any atom is 0.328 e. The molecule has 1 aromatic rings. The summed E-state index contributed by atoms with van der Waals surface area (Å²) in [6.45, 7) is 1.95. The largest absolute Gasteiger partial charge is 0.478 e. The molecule has 0 fully saturated rings. The van der Waals surface area contributed by atoms with Gasteiger partial charge in [-0.25, -0.2) is 4.79 Å². The van der Waals surface area contributed by atoms with E-state index in [0.717, 1.165) is 36.8 Å². The molecule has 4 nitrogen and oxygen atoms in total. The van der Waals surface area contributed by atoms with Crippen molar-refractivity contribution in [2.24, 2.45) is 0 Å². The minimum absolute atomic E-state index is 0.630. The number of carboxylic acids is 1. The minimum atomic E-state index is -0.967. The Labute approximate surface area is 125 Å². The fourth-order valence-corrected chi connectivity index (χ4v) is 2.18. The van der Waals surface area contributed by atoms with E-state index >= 15 is 0 Å². The van der Waals surface area contributed by atoms with Crippen LogP contribution in [-0.2, 0) is 4.79 Å². The quantitative estimate of drug-likeness (QED) is 0.786. The first-order chi connectivity index (χ1) is 9.40. The summed E-state index contributed by atoms with van der Waals surface area (Å²) in [5.74, 6) is -0.967. The second-order valence-corrected chi connectivity index (χ2v) is 5.37. The molecule has 0 aliphatic rings. The molecule has 0 heterocycles. The van der Waals surface area contributed by atoms with Crippen LogP contribution in [-0.4, -0.2) is 50.2 Å². The topological polar surface area (TPSA) is 43.8 Å². The van der Waals surface area contributed by atoms with Crippen molar-refractivity contribution >= 4 is 29.3 Å². The summed E-state index contributed by atoms with van der Waals surface area (Å²) in [7, 11) is 6.11. The van der Waals surface area contributed by atoms with Gasteiger partial charge in [0.05, 0.1) is 10.7 Å². The second-order valence-electron chi connectivity index (χ2n) is 4.96. The Bertz CT molecular complexity index is 487. The van der Waals surface area contributed by atoms with Gasteiger partial charge in [0.2, 0.25) is 0 Å². The van der Waals surface area contributed by atoms with Crippen LogP contribution in [0.25, 0.3) is 6.08 Å². The number of rotatable bonds is 7. The highest BCUT2D eigenvalue weighted by Crippen LogP contribution is 2.26. The Morgan fingerprint density at radius 1 is 1.30 bits per heavy atom. The molecule has 0 spiro atoms. The summed E-state index contributed by atoms with van der Waals surface area (Å²) in [6, 6.07) is 5.56. The molecular formula is C15H21ClN2O2. The number of hydrogen-bond donors (Lipinski definition) is 1. The molecule has 0 saturated carbocycles. The lowest BCUT2D eigenvalue weighted by Gasteiger charge is -2.21. The van der Waals surface area contributed by atoms with E-state index in [1.54, 1.807) is 6.07 Å². The predicted octanol–water partition coefficient (Wildman–Crippen LogP) is 2.83. The van der Waals surface area contributed by atoms with Crippen LogP contribution >= 0.6 is 11.6 Å². The smallest absolute Gasteiger partial charge is 0.328 e. The zero-order valence-corrected chi connectivity index (χ0v) is 12.9. The molecule has 0 atom stereocenters. The molecule has 0 saturated heterocycles. The molecule has 20 heavy (non-hydrogen) atoms. The van der Waals surface area contributed by atoms with Gasteiger partial charge in [0.25, 0.3) is 0 Å². The molecule has 0 aliphatic carbocycles. The van der Waals surface area contributed by atoms with Gasteiger partial charge in [0.15, 0.2) is 0 Å². The van der Waals surface area contributed by atoms with Gasteiger partial charge in [-0.1, -0.05) is 17.7 Å². The van der Waals surface area contributed by atoms with Crippen LogP contribution in [0.5, 0.6) is 0 Å². The van der Waals surface area contributed by atoms with Gasteiger partial charge < -0.3 is 14.9 Å². The van der Waals surface area contributed by atoms with Crippen LogP contribution in [0.3, 0.4) is 0 Å². The third kappa shape index (κ3) is 5.63. The van der Waals surface area contributed by atoms with Crippen molar-refractivity contribution in [3.05, 3.63) is 34.9 Å². The van der Waals surface area contributed by atoms with Crippen molar-refractivity contribution in [3.63, 3.8) is 0 Å². The SMILES string of the molecule is CN(C)CCCN(C)c1ccc(/C=C/C(=O)O)cc1Cl. The van der Waals surface area contributed by atoms with Gasteiger partial charge in [-0.2, -0.15) is 0 Å². The Morgan fingerprint density at radius 3 is 2.55 bits per heavy atom. The molecular weight excluding hydrogens is 276 g/mol. The van der Waals surface area contributed by atoms with E-state index in [0.29, 0.717) is 5.02 Å². The van der Waals surface area contributed by atoms with E-state index in [9.17, 15) is 4.79 Å². The summed E-state index contributed by atoms with van der Waals surface area (Å²) in [5, 5.41) is 9.23. The zero-order chi connectivity index (χ0) is 15.1. The number of benzene rings is 1. The van der Waals surface area contributed by atoms with Crippen molar-refractivity contribution in [2.45, 2.75) is 6.42 Å². The van der Waals surface area contributed by atoms with Crippen molar-refractivity contribution < 1.29 is 9.90 Å². The van der Waals surface area contributed by atoms with Crippen molar-refractivity contribution in [1.29, 1.82) is 0 Å². The summed E-state index contributed by atoms with van der Waals surface area (Å²) >= 11 is 6.25. The number of carbonyl (C=O) groups is 1. The van der Waals surface area contributed by atoms with Crippen LogP contribution in [0.15, 0.2) is 24.3 Å². The summed E-state index contributed by atoms with van der Waals surface area (Å²) in [4.78, 5) is 14.7. The first-order valence-corrected chi connectivity index (χ1v) is 6.84. The monoisotopic (exact) mass is 296 g/mol. The Morgan fingerprint density at radius 2 is 2.00 bits per heavy atom. The molecule has 5 heteroatoms. The summed E-state index contributed by atoms with van der Waals surface area (Å²) in [5.41, 5.74) is 1.74. The maximum absolute atomic E-state index is 10.5. The molecule has 0 bridgehead atoms. The van der Waals surface area contributed by atoms with E-state index in [1.807, 2.05) is 19.2 Å². The predicted molar refractivity (Wildman–Crippen MR) is 84.6 cm³/mol. The number of anilines is 1. The third-order valence-corrected chi connectivity index (χ3v) is 3.20. The molecule has 0 radical (unpaired) electrons. The molecule has 1 aromatic carbocycles. The Kier molecular flexibility index (Phi) is 6.55. The standard InChI is InChI=1S/C15H21ClN2O2/c1-17(2)9-4-10-18(3)14-7-5-12(11-13(14)16)6-8-15(19)20/h5-8,11H,4,9-10H2,1-3H3,(H,19,20)/b8-6+. The summed E-state index contributed by atoms with van der Waals surface area (Å²) < 4.78 is 0. The van der Waals surface area contributed by atoms with Crippen molar-refractivity contribution in [1.82, 2.24) is 4.90 Å². The molecule has 1 N–H and O–H groups in total. The molecule has 0 unspecified atom stereocenters. The van der Waals surface area contributed by atoms with Gasteiger partial charge in [-0.15, -0.1) is 0 Å². The molecule has 0 aliphatic heterocycles. The lowest BCUT2D eigenvalue weighted by Crippen LogP contribution is -2.23. The molecule has 0 amide bonds. The maximum atomic E-state index is 10.5. The first kappa shape index (κ1) is 16.5. The highest BCUT2D eigenvalue weighted by molar-refractivity contribution is 6.33. The molecule has 110 valence electrons. The lowest BCUT2D eigenvalue weighted by atomic mass is 10.1. The van der Waals surface area contributed by atoms with Gasteiger partial charge in [0, 0.05) is 19.7 Å².